The molecule has 0 radical (unpaired) electrons. The molecular formula is C21H16ClFN4O2S. The summed E-state index contributed by atoms with van der Waals surface area (Å²) < 4.78 is 42.0. The summed E-state index contributed by atoms with van der Waals surface area (Å²) in [6.45, 7) is 0. The highest BCUT2D eigenvalue weighted by molar-refractivity contribution is 7.92. The Morgan fingerprint density at radius 2 is 1.73 bits per heavy atom. The molecule has 9 heteroatoms. The standard InChI is InChI=1S/C21H16ClFN4O2S/c1-24-21-25-12-15-10-13(6-8-18(15)26-21)14-7-9-19(17(23)11-14)27-30(28,29)20-5-3-2-4-16(20)22/h2-12,27H,1H3,(H,24,25,26). The lowest BCUT2D eigenvalue weighted by atomic mass is 10.0. The topological polar surface area (TPSA) is 84.0 Å². The van der Waals surface area contributed by atoms with Crippen LogP contribution in [-0.2, 0) is 10.0 Å². The Kier molecular flexibility index (Phi) is 5.27. The minimum Gasteiger partial charge on any atom is -0.357 e. The first-order chi connectivity index (χ1) is 14.4. The van der Waals surface area contributed by atoms with Gasteiger partial charge in [-0.05, 0) is 47.5 Å². The van der Waals surface area contributed by atoms with E-state index < -0.39 is 15.8 Å². The van der Waals surface area contributed by atoms with E-state index >= 15 is 0 Å². The van der Waals surface area contributed by atoms with Crippen LogP contribution >= 0.6 is 11.6 Å². The van der Waals surface area contributed by atoms with Gasteiger partial charge in [0.15, 0.2) is 0 Å². The van der Waals surface area contributed by atoms with Crippen LogP contribution in [0.5, 0.6) is 0 Å². The van der Waals surface area contributed by atoms with Crippen molar-refractivity contribution in [3.05, 3.63) is 77.7 Å². The number of halogens is 2. The Morgan fingerprint density at radius 1 is 1.00 bits per heavy atom. The highest BCUT2D eigenvalue weighted by Crippen LogP contribution is 2.29. The molecule has 1 aromatic heterocycles. The molecule has 4 rings (SSSR count). The van der Waals surface area contributed by atoms with Gasteiger partial charge in [0, 0.05) is 18.6 Å². The summed E-state index contributed by atoms with van der Waals surface area (Å²) in [4.78, 5) is 8.42. The van der Waals surface area contributed by atoms with Crippen LogP contribution in [0.4, 0.5) is 16.0 Å². The van der Waals surface area contributed by atoms with Gasteiger partial charge in [-0.1, -0.05) is 35.9 Å². The molecule has 0 aliphatic heterocycles. The maximum atomic E-state index is 14.7. The third kappa shape index (κ3) is 3.92. The molecule has 30 heavy (non-hydrogen) atoms. The highest BCUT2D eigenvalue weighted by Gasteiger charge is 2.19. The predicted molar refractivity (Wildman–Crippen MR) is 117 cm³/mol. The van der Waals surface area contributed by atoms with E-state index in [9.17, 15) is 12.8 Å². The van der Waals surface area contributed by atoms with E-state index in [1.165, 1.54) is 24.3 Å². The summed E-state index contributed by atoms with van der Waals surface area (Å²) in [5.41, 5.74) is 1.93. The monoisotopic (exact) mass is 442 g/mol. The van der Waals surface area contributed by atoms with Gasteiger partial charge in [0.1, 0.15) is 10.7 Å². The lowest BCUT2D eigenvalue weighted by molar-refractivity contribution is 0.598. The Morgan fingerprint density at radius 3 is 2.47 bits per heavy atom. The van der Waals surface area contributed by atoms with Gasteiger partial charge in [-0.25, -0.2) is 22.8 Å². The molecule has 0 fully saturated rings. The zero-order chi connectivity index (χ0) is 21.3. The summed E-state index contributed by atoms with van der Waals surface area (Å²) in [7, 11) is -2.29. The second-order valence-corrected chi connectivity index (χ2v) is 8.51. The van der Waals surface area contributed by atoms with Gasteiger partial charge in [0.25, 0.3) is 10.0 Å². The highest BCUT2D eigenvalue weighted by atomic mass is 35.5. The molecule has 0 saturated heterocycles. The molecule has 1 heterocycles. The first-order valence-electron chi connectivity index (χ1n) is 8.89. The maximum Gasteiger partial charge on any atom is 0.263 e. The zero-order valence-electron chi connectivity index (χ0n) is 15.7. The van der Waals surface area contributed by atoms with Crippen LogP contribution in [0.15, 0.2) is 71.8 Å². The van der Waals surface area contributed by atoms with Crippen LogP contribution in [0.2, 0.25) is 5.02 Å². The lowest BCUT2D eigenvalue weighted by Gasteiger charge is -2.11. The number of anilines is 2. The summed E-state index contributed by atoms with van der Waals surface area (Å²) in [5.74, 6) is -0.193. The first-order valence-corrected chi connectivity index (χ1v) is 10.8. The number of nitrogens with zero attached hydrogens (tertiary/aromatic N) is 2. The van der Waals surface area contributed by atoms with Crippen LogP contribution in [0, 0.1) is 5.82 Å². The van der Waals surface area contributed by atoms with Gasteiger partial charge in [0.2, 0.25) is 5.95 Å². The van der Waals surface area contributed by atoms with Crippen molar-refractivity contribution in [2.24, 2.45) is 0 Å². The van der Waals surface area contributed by atoms with Crippen LogP contribution in [0.25, 0.3) is 22.0 Å². The van der Waals surface area contributed by atoms with E-state index in [1.54, 1.807) is 31.4 Å². The number of nitrogens with one attached hydrogen (secondary N) is 2. The summed E-state index contributed by atoms with van der Waals surface area (Å²) >= 11 is 5.96. The number of rotatable bonds is 5. The summed E-state index contributed by atoms with van der Waals surface area (Å²) in [5, 5.41) is 3.74. The summed E-state index contributed by atoms with van der Waals surface area (Å²) in [6, 6.07) is 15.7. The van der Waals surface area contributed by atoms with Crippen LogP contribution < -0.4 is 10.0 Å². The molecule has 0 atom stereocenters. The smallest absolute Gasteiger partial charge is 0.263 e. The third-order valence-electron chi connectivity index (χ3n) is 4.48. The number of sulfonamides is 1. The molecule has 0 unspecified atom stereocenters. The fraction of sp³-hybridized carbons (Fsp3) is 0.0476. The second kappa shape index (κ2) is 7.89. The SMILES string of the molecule is CNc1ncc2cc(-c3ccc(NS(=O)(=O)c4ccccc4Cl)c(F)c3)ccc2n1. The zero-order valence-corrected chi connectivity index (χ0v) is 17.3. The molecule has 0 bridgehead atoms. The normalized spacial score (nSPS) is 11.4. The molecule has 0 spiro atoms. The Labute approximate surface area is 177 Å². The molecule has 0 saturated carbocycles. The van der Waals surface area contributed by atoms with E-state index in [4.69, 9.17) is 11.6 Å². The number of aromatic nitrogens is 2. The van der Waals surface area contributed by atoms with E-state index in [0.29, 0.717) is 11.5 Å². The second-order valence-electron chi connectivity index (χ2n) is 6.45. The number of hydrogen-bond acceptors (Lipinski definition) is 5. The lowest BCUT2D eigenvalue weighted by Crippen LogP contribution is -2.14. The maximum absolute atomic E-state index is 14.7. The number of hydrogen-bond donors (Lipinski definition) is 2. The molecular weight excluding hydrogens is 427 g/mol. The van der Waals surface area contributed by atoms with E-state index in [2.05, 4.69) is 20.0 Å². The van der Waals surface area contributed by atoms with Crippen molar-refractivity contribution in [2.45, 2.75) is 4.90 Å². The fourth-order valence-corrected chi connectivity index (χ4v) is 4.56. The third-order valence-corrected chi connectivity index (χ3v) is 6.34. The van der Waals surface area contributed by atoms with Crippen LogP contribution in [-0.4, -0.2) is 25.4 Å². The average Bonchev–Trinajstić information content (AvgIpc) is 2.74. The molecule has 3 aromatic carbocycles. The van der Waals surface area contributed by atoms with Gasteiger partial charge >= 0.3 is 0 Å². The predicted octanol–water partition coefficient (Wildman–Crippen LogP) is 4.93. The largest absolute Gasteiger partial charge is 0.357 e. The van der Waals surface area contributed by atoms with Crippen molar-refractivity contribution in [1.29, 1.82) is 0 Å². The molecule has 152 valence electrons. The number of fused-ring (bicyclic) bond motifs is 1. The minimum atomic E-state index is -4.02. The van der Waals surface area contributed by atoms with Crippen molar-refractivity contribution in [2.75, 3.05) is 17.1 Å². The molecule has 6 nitrogen and oxygen atoms in total. The van der Waals surface area contributed by atoms with Gasteiger partial charge < -0.3 is 5.32 Å². The minimum absolute atomic E-state index is 0.0573. The quantitative estimate of drug-likeness (QED) is 0.457. The molecule has 0 amide bonds. The van der Waals surface area contributed by atoms with Crippen molar-refractivity contribution < 1.29 is 12.8 Å². The first kappa shape index (κ1) is 20.1. The van der Waals surface area contributed by atoms with Crippen molar-refractivity contribution in [3.63, 3.8) is 0 Å². The van der Waals surface area contributed by atoms with E-state index in [1.807, 2.05) is 18.2 Å². The summed E-state index contributed by atoms with van der Waals surface area (Å²) in [6.07, 6.45) is 1.68. The van der Waals surface area contributed by atoms with Crippen molar-refractivity contribution in [1.82, 2.24) is 9.97 Å². The van der Waals surface area contributed by atoms with Crippen molar-refractivity contribution in [3.8, 4) is 11.1 Å². The van der Waals surface area contributed by atoms with Crippen LogP contribution in [0.1, 0.15) is 0 Å². The van der Waals surface area contributed by atoms with Crippen molar-refractivity contribution >= 4 is 44.2 Å². The van der Waals surface area contributed by atoms with E-state index in [0.717, 1.165) is 16.5 Å². The van der Waals surface area contributed by atoms with Gasteiger partial charge in [-0.15, -0.1) is 0 Å². The van der Waals surface area contributed by atoms with Gasteiger partial charge in [-0.2, -0.15) is 0 Å². The molecule has 2 N–H and O–H groups in total. The Hall–Kier alpha value is -3.23. The van der Waals surface area contributed by atoms with Gasteiger partial charge in [-0.3, -0.25) is 4.72 Å². The number of benzene rings is 3. The average molecular weight is 443 g/mol. The van der Waals surface area contributed by atoms with Crippen LogP contribution in [0.3, 0.4) is 0 Å². The molecule has 4 aromatic rings. The molecule has 0 aliphatic rings. The Bertz CT molecular complexity index is 1360. The fourth-order valence-electron chi connectivity index (χ4n) is 2.97. The molecule has 0 aliphatic carbocycles. The van der Waals surface area contributed by atoms with Gasteiger partial charge in [0.05, 0.1) is 16.2 Å². The Balaban J connectivity index is 1.65. The van der Waals surface area contributed by atoms with E-state index in [-0.39, 0.29) is 15.6 Å².